The van der Waals surface area contributed by atoms with Gasteiger partial charge in [-0.2, -0.15) is 8.78 Å². The van der Waals surface area contributed by atoms with E-state index in [1.54, 1.807) is 43.5 Å². The lowest BCUT2D eigenvalue weighted by atomic mass is 10.1. The fourth-order valence-electron chi connectivity index (χ4n) is 3.25. The minimum absolute atomic E-state index is 0.0137. The van der Waals surface area contributed by atoms with Gasteiger partial charge in [0.1, 0.15) is 16.7 Å². The summed E-state index contributed by atoms with van der Waals surface area (Å²) >= 11 is 1.13. The molecule has 1 atom stereocenters. The molecule has 8 nitrogen and oxygen atoms in total. The Kier molecular flexibility index (Phi) is 7.46. The molecule has 0 unspecified atom stereocenters. The number of amides is 1. The Morgan fingerprint density at radius 1 is 1.00 bits per heavy atom. The van der Waals surface area contributed by atoms with E-state index >= 15 is 0 Å². The van der Waals surface area contributed by atoms with Crippen LogP contribution in [0, 0.1) is 0 Å². The molecule has 0 fully saturated rings. The summed E-state index contributed by atoms with van der Waals surface area (Å²) in [6, 6.07) is 22.1. The number of anilines is 1. The number of nitrogens with zero attached hydrogens (tertiary/aromatic N) is 3. The zero-order valence-corrected chi connectivity index (χ0v) is 19.3. The maximum absolute atomic E-state index is 13.3. The zero-order valence-electron chi connectivity index (χ0n) is 18.5. The number of hydrogen-bond donors (Lipinski definition) is 2. The topological polar surface area (TPSA) is 104 Å². The first kappa shape index (κ1) is 24.0. The second kappa shape index (κ2) is 10.9. The number of carbonyl (C=O) groups is 1. The molecule has 0 saturated heterocycles. The number of thioether (sulfide) groups is 1. The largest absolute Gasteiger partial charge is 0.497 e. The van der Waals surface area contributed by atoms with Crippen LogP contribution in [0.5, 0.6) is 11.5 Å². The number of aromatic nitrogens is 3. The van der Waals surface area contributed by atoms with Gasteiger partial charge in [0.05, 0.1) is 7.11 Å². The molecule has 1 amide bonds. The van der Waals surface area contributed by atoms with Gasteiger partial charge in [-0.05, 0) is 42.0 Å². The average molecular weight is 498 g/mol. The molecule has 1 heterocycles. The third-order valence-corrected chi connectivity index (χ3v) is 6.11. The van der Waals surface area contributed by atoms with Gasteiger partial charge in [0, 0.05) is 17.3 Å². The van der Waals surface area contributed by atoms with Crippen LogP contribution >= 0.6 is 11.8 Å². The second-order valence-corrected chi connectivity index (χ2v) is 8.28. The highest BCUT2D eigenvalue weighted by Crippen LogP contribution is 2.36. The van der Waals surface area contributed by atoms with E-state index in [4.69, 9.17) is 10.6 Å². The van der Waals surface area contributed by atoms with Crippen LogP contribution in [-0.4, -0.2) is 34.5 Å². The quantitative estimate of drug-likeness (QED) is 0.254. The fourth-order valence-corrected chi connectivity index (χ4v) is 4.21. The fraction of sp³-hybridized carbons (Fsp3) is 0.125. The summed E-state index contributed by atoms with van der Waals surface area (Å²) in [7, 11) is 1.55. The van der Waals surface area contributed by atoms with Crippen molar-refractivity contribution >= 4 is 23.4 Å². The molecule has 0 aliphatic carbocycles. The molecular formula is C24H21F2N5O3S. The van der Waals surface area contributed by atoms with Gasteiger partial charge in [0.25, 0.3) is 0 Å². The lowest BCUT2D eigenvalue weighted by molar-refractivity contribution is -0.115. The van der Waals surface area contributed by atoms with E-state index in [0.29, 0.717) is 28.0 Å². The van der Waals surface area contributed by atoms with E-state index in [-0.39, 0.29) is 11.7 Å². The number of nitrogens with one attached hydrogen (secondary N) is 1. The molecule has 4 rings (SSSR count). The summed E-state index contributed by atoms with van der Waals surface area (Å²) < 4.78 is 35.7. The number of alkyl halides is 2. The molecule has 0 aliphatic rings. The lowest BCUT2D eigenvalue weighted by Crippen LogP contribution is -2.20. The molecule has 4 aromatic rings. The number of rotatable bonds is 9. The van der Waals surface area contributed by atoms with Crippen LogP contribution in [0.15, 0.2) is 84.0 Å². The first-order valence-electron chi connectivity index (χ1n) is 10.4. The van der Waals surface area contributed by atoms with Crippen LogP contribution in [0.2, 0.25) is 0 Å². The third-order valence-electron chi connectivity index (χ3n) is 4.90. The summed E-state index contributed by atoms with van der Waals surface area (Å²) in [5.41, 5.74) is 1.87. The van der Waals surface area contributed by atoms with E-state index in [2.05, 4.69) is 20.3 Å². The van der Waals surface area contributed by atoms with Gasteiger partial charge >= 0.3 is 6.61 Å². The van der Waals surface area contributed by atoms with Crippen LogP contribution in [0.1, 0.15) is 10.8 Å². The Morgan fingerprint density at radius 3 is 2.43 bits per heavy atom. The van der Waals surface area contributed by atoms with Crippen LogP contribution in [-0.2, 0) is 4.79 Å². The smallest absolute Gasteiger partial charge is 0.387 e. The Labute approximate surface area is 204 Å². The van der Waals surface area contributed by atoms with Crippen molar-refractivity contribution < 1.29 is 23.0 Å². The Hall–Kier alpha value is -4.12. The SMILES string of the molecule is COc1cccc(NC(=O)[C@H](Sc2nnc(-c3ccc(OC(F)F)cc3)n2N)c2ccccc2)c1. The van der Waals surface area contributed by atoms with Crippen molar-refractivity contribution in [3.63, 3.8) is 0 Å². The number of carbonyl (C=O) groups excluding carboxylic acids is 1. The Balaban J connectivity index is 1.58. The highest BCUT2D eigenvalue weighted by Gasteiger charge is 2.26. The Morgan fingerprint density at radius 2 is 1.74 bits per heavy atom. The van der Waals surface area contributed by atoms with E-state index in [1.165, 1.54) is 16.8 Å². The molecule has 0 spiro atoms. The van der Waals surface area contributed by atoms with Crippen LogP contribution < -0.4 is 20.6 Å². The summed E-state index contributed by atoms with van der Waals surface area (Å²) in [6.07, 6.45) is 0. The van der Waals surface area contributed by atoms with E-state index in [9.17, 15) is 13.6 Å². The van der Waals surface area contributed by atoms with E-state index < -0.39 is 11.9 Å². The standard InChI is InChI=1S/C24H21F2N5O3S/c1-33-19-9-5-8-17(14-19)28-22(32)20(15-6-3-2-4-7-15)35-24-30-29-21(31(24)27)16-10-12-18(13-11-16)34-23(25)26/h2-14,20,23H,27H2,1H3,(H,28,32)/t20-/m1/s1. The number of nitrogen functional groups attached to an aromatic ring is 1. The normalized spacial score (nSPS) is 11.8. The average Bonchev–Trinajstić information content (AvgIpc) is 3.23. The first-order valence-corrected chi connectivity index (χ1v) is 11.2. The molecule has 180 valence electrons. The second-order valence-electron chi connectivity index (χ2n) is 7.21. The molecule has 35 heavy (non-hydrogen) atoms. The number of methoxy groups -OCH3 is 1. The van der Waals surface area contributed by atoms with Crippen molar-refractivity contribution in [3.05, 3.63) is 84.4 Å². The maximum Gasteiger partial charge on any atom is 0.387 e. The van der Waals surface area contributed by atoms with Crippen molar-refractivity contribution in [2.75, 3.05) is 18.3 Å². The van der Waals surface area contributed by atoms with Crippen LogP contribution in [0.4, 0.5) is 14.5 Å². The molecule has 0 radical (unpaired) electrons. The predicted molar refractivity (Wildman–Crippen MR) is 129 cm³/mol. The van der Waals surface area contributed by atoms with Gasteiger partial charge in [-0.15, -0.1) is 10.2 Å². The highest BCUT2D eigenvalue weighted by molar-refractivity contribution is 8.00. The van der Waals surface area contributed by atoms with Crippen molar-refractivity contribution in [1.82, 2.24) is 14.9 Å². The number of ether oxygens (including phenoxy) is 2. The van der Waals surface area contributed by atoms with Gasteiger partial charge < -0.3 is 20.6 Å². The van der Waals surface area contributed by atoms with Gasteiger partial charge in [-0.25, -0.2) is 4.68 Å². The highest BCUT2D eigenvalue weighted by atomic mass is 32.2. The number of benzene rings is 3. The Bertz CT molecular complexity index is 1290. The minimum atomic E-state index is -2.92. The monoisotopic (exact) mass is 497 g/mol. The van der Waals surface area contributed by atoms with Crippen molar-refractivity contribution in [2.24, 2.45) is 0 Å². The molecule has 3 aromatic carbocycles. The molecule has 3 N–H and O–H groups in total. The van der Waals surface area contributed by atoms with Crippen LogP contribution in [0.3, 0.4) is 0 Å². The van der Waals surface area contributed by atoms with Gasteiger partial charge in [-0.1, -0.05) is 48.2 Å². The molecule has 0 aliphatic heterocycles. The minimum Gasteiger partial charge on any atom is -0.497 e. The molecule has 0 bridgehead atoms. The summed E-state index contributed by atoms with van der Waals surface area (Å²) in [4.78, 5) is 13.3. The van der Waals surface area contributed by atoms with Gasteiger partial charge in [0.2, 0.25) is 11.1 Å². The molecule has 1 aromatic heterocycles. The van der Waals surface area contributed by atoms with Gasteiger partial charge in [-0.3, -0.25) is 4.79 Å². The number of halogens is 2. The third kappa shape index (κ3) is 5.87. The van der Waals surface area contributed by atoms with Crippen molar-refractivity contribution in [2.45, 2.75) is 17.0 Å². The maximum atomic E-state index is 13.3. The summed E-state index contributed by atoms with van der Waals surface area (Å²) in [6.45, 7) is -2.92. The first-order chi connectivity index (χ1) is 16.9. The zero-order chi connectivity index (χ0) is 24.8. The lowest BCUT2D eigenvalue weighted by Gasteiger charge is -2.17. The number of hydrogen-bond acceptors (Lipinski definition) is 7. The van der Waals surface area contributed by atoms with Crippen molar-refractivity contribution in [1.29, 1.82) is 0 Å². The summed E-state index contributed by atoms with van der Waals surface area (Å²) in [5, 5.41) is 10.8. The predicted octanol–water partition coefficient (Wildman–Crippen LogP) is 4.74. The van der Waals surface area contributed by atoms with E-state index in [0.717, 1.165) is 17.3 Å². The molecule has 11 heteroatoms. The number of nitrogens with two attached hydrogens (primary N) is 1. The molecule has 0 saturated carbocycles. The summed E-state index contributed by atoms with van der Waals surface area (Å²) in [5.74, 6) is 6.89. The van der Waals surface area contributed by atoms with Crippen molar-refractivity contribution in [3.8, 4) is 22.9 Å². The molecular weight excluding hydrogens is 476 g/mol. The van der Waals surface area contributed by atoms with E-state index in [1.807, 2.05) is 30.3 Å². The van der Waals surface area contributed by atoms with Gasteiger partial charge in [0.15, 0.2) is 5.82 Å². The van der Waals surface area contributed by atoms with Crippen LogP contribution in [0.25, 0.3) is 11.4 Å².